The van der Waals surface area contributed by atoms with Crippen LogP contribution >= 0.6 is 0 Å². The highest BCUT2D eigenvalue weighted by atomic mass is 15.0. The van der Waals surface area contributed by atoms with E-state index in [9.17, 15) is 0 Å². The highest BCUT2D eigenvalue weighted by Crippen LogP contribution is 2.44. The smallest absolute Gasteiger partial charge is 0.0401 e. The van der Waals surface area contributed by atoms with Crippen LogP contribution in [0.2, 0.25) is 0 Å². The van der Waals surface area contributed by atoms with Crippen molar-refractivity contribution in [3.05, 3.63) is 60.4 Å². The number of benzene rings is 1. The van der Waals surface area contributed by atoms with Crippen LogP contribution in [0.15, 0.2) is 54.9 Å². The Morgan fingerprint density at radius 3 is 2.39 bits per heavy atom. The minimum absolute atomic E-state index is 0.631. The number of nitrogens with zero attached hydrogens (tertiary/aromatic N) is 1. The van der Waals surface area contributed by atoms with Gasteiger partial charge in [0, 0.05) is 24.4 Å². The van der Waals surface area contributed by atoms with E-state index in [0.29, 0.717) is 12.0 Å². The van der Waals surface area contributed by atoms with Gasteiger partial charge in [-0.2, -0.15) is 0 Å². The van der Waals surface area contributed by atoms with E-state index in [2.05, 4.69) is 66.3 Å². The summed E-state index contributed by atoms with van der Waals surface area (Å²) in [5, 5.41) is 0. The molecule has 0 radical (unpaired) electrons. The Bertz CT molecular complexity index is 472. The third kappa shape index (κ3) is 2.10. The average molecular weight is 239 g/mol. The molecule has 18 heavy (non-hydrogen) atoms. The summed E-state index contributed by atoms with van der Waals surface area (Å²) < 4.78 is 2.41. The molecule has 1 unspecified atom stereocenters. The van der Waals surface area contributed by atoms with Gasteiger partial charge in [0.2, 0.25) is 0 Å². The molecule has 1 aromatic heterocycles. The molecule has 3 atom stereocenters. The van der Waals surface area contributed by atoms with E-state index < -0.39 is 0 Å². The zero-order valence-electron chi connectivity index (χ0n) is 11.0. The van der Waals surface area contributed by atoms with Gasteiger partial charge in [-0.05, 0) is 36.5 Å². The number of rotatable bonds is 2. The van der Waals surface area contributed by atoms with Gasteiger partial charge in [-0.15, -0.1) is 0 Å². The van der Waals surface area contributed by atoms with Crippen molar-refractivity contribution in [1.82, 2.24) is 4.57 Å². The summed E-state index contributed by atoms with van der Waals surface area (Å²) in [5.74, 6) is 1.43. The minimum atomic E-state index is 0.631. The van der Waals surface area contributed by atoms with Gasteiger partial charge in [-0.1, -0.05) is 43.7 Å². The lowest BCUT2D eigenvalue weighted by atomic mass is 9.73. The van der Waals surface area contributed by atoms with Crippen molar-refractivity contribution in [2.75, 3.05) is 0 Å². The summed E-state index contributed by atoms with van der Waals surface area (Å²) >= 11 is 0. The lowest BCUT2D eigenvalue weighted by molar-refractivity contribution is 0.234. The average Bonchev–Trinajstić information content (AvgIpc) is 2.93. The monoisotopic (exact) mass is 239 g/mol. The fourth-order valence-electron chi connectivity index (χ4n) is 3.52. The molecule has 2 aromatic rings. The fraction of sp³-hybridized carbons (Fsp3) is 0.412. The molecule has 94 valence electrons. The van der Waals surface area contributed by atoms with Gasteiger partial charge >= 0.3 is 0 Å². The van der Waals surface area contributed by atoms with Crippen LogP contribution in [0.3, 0.4) is 0 Å². The van der Waals surface area contributed by atoms with E-state index >= 15 is 0 Å². The Morgan fingerprint density at radius 2 is 1.67 bits per heavy atom. The van der Waals surface area contributed by atoms with E-state index in [0.717, 1.165) is 5.92 Å². The van der Waals surface area contributed by atoms with Gasteiger partial charge < -0.3 is 4.57 Å². The quantitative estimate of drug-likeness (QED) is 0.720. The van der Waals surface area contributed by atoms with Gasteiger partial charge in [0.25, 0.3) is 0 Å². The molecule has 0 amide bonds. The Balaban J connectivity index is 1.96. The Morgan fingerprint density at radius 1 is 0.944 bits per heavy atom. The highest BCUT2D eigenvalue weighted by molar-refractivity contribution is 5.23. The van der Waals surface area contributed by atoms with Crippen LogP contribution in [-0.2, 0) is 0 Å². The first-order valence-corrected chi connectivity index (χ1v) is 7.03. The van der Waals surface area contributed by atoms with Crippen molar-refractivity contribution in [3.63, 3.8) is 0 Å². The molecule has 0 aliphatic heterocycles. The third-order valence-corrected chi connectivity index (χ3v) is 4.38. The van der Waals surface area contributed by atoms with Gasteiger partial charge in [0.15, 0.2) is 0 Å². The predicted molar refractivity (Wildman–Crippen MR) is 75.7 cm³/mol. The zero-order valence-corrected chi connectivity index (χ0v) is 11.0. The molecule has 1 aliphatic rings. The lowest BCUT2D eigenvalue weighted by Gasteiger charge is -2.38. The van der Waals surface area contributed by atoms with Crippen LogP contribution in [0, 0.1) is 5.92 Å². The molecular formula is C17H21N. The highest BCUT2D eigenvalue weighted by Gasteiger charge is 2.32. The number of hydrogen-bond donors (Lipinski definition) is 0. The second-order valence-corrected chi connectivity index (χ2v) is 5.54. The summed E-state index contributed by atoms with van der Waals surface area (Å²) in [4.78, 5) is 0. The molecule has 1 aromatic carbocycles. The second kappa shape index (κ2) is 5.01. The van der Waals surface area contributed by atoms with Gasteiger partial charge in [0.05, 0.1) is 0 Å². The molecule has 1 nitrogen and oxygen atoms in total. The third-order valence-electron chi connectivity index (χ3n) is 4.38. The molecule has 0 bridgehead atoms. The van der Waals surface area contributed by atoms with Crippen LogP contribution in [0.1, 0.15) is 43.7 Å². The Labute approximate surface area is 109 Å². The van der Waals surface area contributed by atoms with E-state index in [1.165, 1.54) is 24.8 Å². The maximum absolute atomic E-state index is 2.41. The molecule has 3 rings (SSSR count). The fourth-order valence-corrected chi connectivity index (χ4v) is 3.52. The Hall–Kier alpha value is -1.50. The zero-order chi connectivity index (χ0) is 12.4. The lowest BCUT2D eigenvalue weighted by Crippen LogP contribution is -2.26. The molecule has 1 aliphatic carbocycles. The van der Waals surface area contributed by atoms with E-state index in [1.54, 1.807) is 0 Å². The van der Waals surface area contributed by atoms with Crippen LogP contribution in [0.5, 0.6) is 0 Å². The van der Waals surface area contributed by atoms with E-state index in [-0.39, 0.29) is 0 Å². The summed E-state index contributed by atoms with van der Waals surface area (Å²) in [5.41, 5.74) is 1.50. The van der Waals surface area contributed by atoms with Gasteiger partial charge in [-0.25, -0.2) is 0 Å². The number of hydrogen-bond acceptors (Lipinski definition) is 0. The van der Waals surface area contributed by atoms with Crippen molar-refractivity contribution < 1.29 is 0 Å². The largest absolute Gasteiger partial charge is 0.351 e. The minimum Gasteiger partial charge on any atom is -0.351 e. The van der Waals surface area contributed by atoms with Crippen LogP contribution in [-0.4, -0.2) is 4.57 Å². The molecule has 0 N–H and O–H groups in total. The van der Waals surface area contributed by atoms with Gasteiger partial charge in [-0.3, -0.25) is 0 Å². The summed E-state index contributed by atoms with van der Waals surface area (Å²) in [6.45, 7) is 2.41. The topological polar surface area (TPSA) is 4.93 Å². The molecule has 1 heteroatoms. The number of aromatic nitrogens is 1. The summed E-state index contributed by atoms with van der Waals surface area (Å²) in [7, 11) is 0. The first-order chi connectivity index (χ1) is 8.86. The van der Waals surface area contributed by atoms with Crippen LogP contribution in [0.4, 0.5) is 0 Å². The summed E-state index contributed by atoms with van der Waals surface area (Å²) in [6.07, 6.45) is 8.46. The van der Waals surface area contributed by atoms with Crippen molar-refractivity contribution in [2.24, 2.45) is 5.92 Å². The van der Waals surface area contributed by atoms with E-state index in [1.807, 2.05) is 0 Å². The second-order valence-electron chi connectivity index (χ2n) is 5.54. The summed E-state index contributed by atoms with van der Waals surface area (Å²) in [6, 6.07) is 16.0. The molecule has 1 fully saturated rings. The SMILES string of the molecule is CC1CCC[C@H](n2cccc2)[C@@H]1c1ccccc1. The molecule has 0 spiro atoms. The maximum Gasteiger partial charge on any atom is 0.0401 e. The van der Waals surface area contributed by atoms with Crippen LogP contribution in [0.25, 0.3) is 0 Å². The predicted octanol–water partition coefficient (Wildman–Crippen LogP) is 4.63. The van der Waals surface area contributed by atoms with Crippen molar-refractivity contribution in [2.45, 2.75) is 38.1 Å². The maximum atomic E-state index is 2.41. The van der Waals surface area contributed by atoms with Crippen molar-refractivity contribution in [3.8, 4) is 0 Å². The first-order valence-electron chi connectivity index (χ1n) is 7.03. The molecular weight excluding hydrogens is 218 g/mol. The molecule has 1 saturated carbocycles. The van der Waals surface area contributed by atoms with Crippen molar-refractivity contribution >= 4 is 0 Å². The first kappa shape index (κ1) is 11.6. The standard InChI is InChI=1S/C17H21N/c1-14-8-7-11-16(18-12-5-6-13-18)17(14)15-9-3-2-4-10-15/h2-6,9-10,12-14,16-17H,7-8,11H2,1H3/t14?,16-,17-/m0/s1. The molecule has 0 saturated heterocycles. The van der Waals surface area contributed by atoms with Gasteiger partial charge in [0.1, 0.15) is 0 Å². The van der Waals surface area contributed by atoms with E-state index in [4.69, 9.17) is 0 Å². The van der Waals surface area contributed by atoms with Crippen molar-refractivity contribution in [1.29, 1.82) is 0 Å². The van der Waals surface area contributed by atoms with Crippen LogP contribution < -0.4 is 0 Å². The normalized spacial score (nSPS) is 28.2. The molecule has 1 heterocycles. The Kier molecular flexibility index (Phi) is 3.22.